The van der Waals surface area contributed by atoms with Gasteiger partial charge in [0.1, 0.15) is 0 Å². The number of hydrogen-bond donors (Lipinski definition) is 1. The van der Waals surface area contributed by atoms with E-state index in [1.165, 1.54) is 23.9 Å². The molecular formula is C27H26ClF3N6O2S. The molecule has 5 rings (SSSR count). The summed E-state index contributed by atoms with van der Waals surface area (Å²) >= 11 is 7.08. The molecule has 0 aliphatic carbocycles. The van der Waals surface area contributed by atoms with E-state index in [2.05, 4.69) is 15.2 Å². The number of amidine groups is 1. The van der Waals surface area contributed by atoms with Crippen molar-refractivity contribution < 1.29 is 22.8 Å². The smallest absolute Gasteiger partial charge is 0.348 e. The molecule has 13 heteroatoms. The van der Waals surface area contributed by atoms with E-state index in [0.29, 0.717) is 49.0 Å². The van der Waals surface area contributed by atoms with Crippen LogP contribution in [0.15, 0.2) is 52.5 Å². The number of nitrogens with one attached hydrogen (secondary N) is 1. The zero-order valence-electron chi connectivity index (χ0n) is 21.8. The standard InChI is InChI=1S/C27H26ClF3N6O2S/c1-35(2)23(38)15-36-7-9-37(10-8-36)26-33-25(39)24(40-26)20(16-4-6-22-18(11-16)14-32-34-22)12-17-3-5-19(28)13-21(17)27(29,30)31/h3-6,11,13-14H,7-10,12,15H2,1-2H3,(H,32,34). The number of aliphatic imine (C=N–C) groups is 1. The summed E-state index contributed by atoms with van der Waals surface area (Å²) in [5, 5.41) is 8.14. The van der Waals surface area contributed by atoms with Crippen LogP contribution in [0.25, 0.3) is 16.5 Å². The lowest BCUT2D eigenvalue weighted by atomic mass is 9.93. The molecular weight excluding hydrogens is 565 g/mol. The minimum atomic E-state index is -4.62. The second-order valence-electron chi connectivity index (χ2n) is 9.81. The van der Waals surface area contributed by atoms with E-state index in [4.69, 9.17) is 11.6 Å². The number of aromatic amines is 1. The lowest BCUT2D eigenvalue weighted by Gasteiger charge is -2.35. The fraction of sp³-hybridized carbons (Fsp3) is 0.333. The molecule has 8 nitrogen and oxygen atoms in total. The topological polar surface area (TPSA) is 84.9 Å². The summed E-state index contributed by atoms with van der Waals surface area (Å²) in [5.74, 6) is -0.476. The van der Waals surface area contributed by atoms with Gasteiger partial charge in [-0.25, -0.2) is 0 Å². The number of rotatable bonds is 5. The van der Waals surface area contributed by atoms with Crippen molar-refractivity contribution in [2.45, 2.75) is 12.6 Å². The van der Waals surface area contributed by atoms with E-state index in [-0.39, 0.29) is 27.8 Å². The number of H-pyrrole nitrogens is 1. The van der Waals surface area contributed by atoms with E-state index in [1.807, 2.05) is 9.80 Å². The van der Waals surface area contributed by atoms with Gasteiger partial charge in [-0.2, -0.15) is 23.3 Å². The molecule has 40 heavy (non-hydrogen) atoms. The minimum Gasteiger partial charge on any atom is -0.348 e. The Morgan fingerprint density at radius 1 is 1.12 bits per heavy atom. The Hall–Kier alpha value is -3.35. The Kier molecular flexibility index (Phi) is 7.94. The molecule has 3 aromatic rings. The van der Waals surface area contributed by atoms with Crippen molar-refractivity contribution in [3.05, 3.63) is 69.2 Å². The van der Waals surface area contributed by atoms with E-state index < -0.39 is 17.6 Å². The van der Waals surface area contributed by atoms with Gasteiger partial charge in [0.2, 0.25) is 5.91 Å². The van der Waals surface area contributed by atoms with Crippen LogP contribution < -0.4 is 0 Å². The summed E-state index contributed by atoms with van der Waals surface area (Å²) in [7, 11) is 3.43. The number of alkyl halides is 3. The molecule has 1 saturated heterocycles. The number of hydrogen-bond acceptors (Lipinski definition) is 6. The molecule has 2 aliphatic rings. The highest BCUT2D eigenvalue weighted by atomic mass is 35.5. The number of fused-ring (bicyclic) bond motifs is 1. The zero-order valence-corrected chi connectivity index (χ0v) is 23.3. The van der Waals surface area contributed by atoms with Crippen LogP contribution >= 0.6 is 23.4 Å². The largest absolute Gasteiger partial charge is 0.416 e. The van der Waals surface area contributed by atoms with Gasteiger partial charge in [0.25, 0.3) is 5.91 Å². The molecule has 0 radical (unpaired) electrons. The summed E-state index contributed by atoms with van der Waals surface area (Å²) in [4.78, 5) is 35.5. The maximum atomic E-state index is 13.9. The summed E-state index contributed by atoms with van der Waals surface area (Å²) in [6.07, 6.45) is -3.14. The second kappa shape index (κ2) is 11.3. The summed E-state index contributed by atoms with van der Waals surface area (Å²) in [5.41, 5.74) is 0.981. The minimum absolute atomic E-state index is 0.00714. The quantitative estimate of drug-likeness (QED) is 0.440. The Balaban J connectivity index is 1.45. The normalized spacial score (nSPS) is 17.9. The van der Waals surface area contributed by atoms with Crippen molar-refractivity contribution in [1.82, 2.24) is 24.9 Å². The lowest BCUT2D eigenvalue weighted by molar-refractivity contribution is -0.138. The van der Waals surface area contributed by atoms with Crippen LogP contribution in [0.4, 0.5) is 13.2 Å². The molecule has 2 amide bonds. The number of thioether (sulfide) groups is 1. The van der Waals surface area contributed by atoms with Gasteiger partial charge in [-0.3, -0.25) is 19.6 Å². The highest BCUT2D eigenvalue weighted by Gasteiger charge is 2.36. The Morgan fingerprint density at radius 3 is 2.58 bits per heavy atom. The molecule has 1 N–H and O–H groups in total. The first-order valence-corrected chi connectivity index (χ1v) is 13.7. The highest BCUT2D eigenvalue weighted by Crippen LogP contribution is 2.40. The third-order valence-corrected chi connectivity index (χ3v) is 8.28. The first kappa shape index (κ1) is 28.2. The van der Waals surface area contributed by atoms with Crippen molar-refractivity contribution in [2.24, 2.45) is 4.99 Å². The molecule has 0 unspecified atom stereocenters. The van der Waals surface area contributed by atoms with Crippen LogP contribution in [0.1, 0.15) is 16.7 Å². The maximum Gasteiger partial charge on any atom is 0.416 e. The number of benzene rings is 2. The number of amides is 2. The van der Waals surface area contributed by atoms with Crippen molar-refractivity contribution in [1.29, 1.82) is 0 Å². The molecule has 1 fully saturated rings. The first-order valence-electron chi connectivity index (χ1n) is 12.5. The highest BCUT2D eigenvalue weighted by molar-refractivity contribution is 8.18. The van der Waals surface area contributed by atoms with Crippen LogP contribution in [-0.2, 0) is 22.2 Å². The monoisotopic (exact) mass is 590 g/mol. The maximum absolute atomic E-state index is 13.9. The molecule has 3 heterocycles. The third-order valence-electron chi connectivity index (χ3n) is 6.89. The van der Waals surface area contributed by atoms with E-state index in [9.17, 15) is 22.8 Å². The van der Waals surface area contributed by atoms with E-state index >= 15 is 0 Å². The average molecular weight is 591 g/mol. The zero-order chi connectivity index (χ0) is 28.6. The van der Waals surface area contributed by atoms with Crippen LogP contribution in [0.3, 0.4) is 0 Å². The average Bonchev–Trinajstić information content (AvgIpc) is 3.54. The summed E-state index contributed by atoms with van der Waals surface area (Å²) in [6, 6.07) is 9.02. The molecule has 0 spiro atoms. The summed E-state index contributed by atoms with van der Waals surface area (Å²) < 4.78 is 41.8. The van der Waals surface area contributed by atoms with Crippen LogP contribution in [0.2, 0.25) is 5.02 Å². The number of nitrogens with zero attached hydrogens (tertiary/aromatic N) is 5. The second-order valence-corrected chi connectivity index (χ2v) is 11.2. The Morgan fingerprint density at radius 2 is 1.88 bits per heavy atom. The molecule has 2 aromatic carbocycles. The fourth-order valence-corrected chi connectivity index (χ4v) is 5.89. The van der Waals surface area contributed by atoms with Gasteiger partial charge < -0.3 is 9.80 Å². The van der Waals surface area contributed by atoms with Gasteiger partial charge in [-0.05, 0) is 59.1 Å². The van der Waals surface area contributed by atoms with Crippen molar-refractivity contribution >= 4 is 56.8 Å². The molecule has 0 atom stereocenters. The number of aromatic nitrogens is 2. The van der Waals surface area contributed by atoms with Gasteiger partial charge in [0.15, 0.2) is 5.17 Å². The molecule has 210 valence electrons. The lowest BCUT2D eigenvalue weighted by Crippen LogP contribution is -2.50. The number of likely N-dealkylation sites (N-methyl/N-ethyl adjacent to an activating group) is 1. The van der Waals surface area contributed by atoms with Crippen molar-refractivity contribution in [3.8, 4) is 0 Å². The van der Waals surface area contributed by atoms with Crippen LogP contribution in [0.5, 0.6) is 0 Å². The van der Waals surface area contributed by atoms with Gasteiger partial charge in [0, 0.05) is 50.7 Å². The fourth-order valence-electron chi connectivity index (χ4n) is 4.65. The Bertz CT molecular complexity index is 1530. The predicted molar refractivity (Wildman–Crippen MR) is 150 cm³/mol. The van der Waals surface area contributed by atoms with Crippen molar-refractivity contribution in [3.63, 3.8) is 0 Å². The third kappa shape index (κ3) is 6.03. The van der Waals surface area contributed by atoms with Crippen LogP contribution in [0, 0.1) is 0 Å². The molecule has 1 aromatic heterocycles. The van der Waals surface area contributed by atoms with E-state index in [0.717, 1.165) is 17.0 Å². The molecule has 0 bridgehead atoms. The van der Waals surface area contributed by atoms with Crippen molar-refractivity contribution in [2.75, 3.05) is 46.8 Å². The van der Waals surface area contributed by atoms with Gasteiger partial charge in [0.05, 0.1) is 28.7 Å². The predicted octanol–water partition coefficient (Wildman–Crippen LogP) is 4.52. The number of carbonyl (C=O) groups is 2. The first-order chi connectivity index (χ1) is 19.0. The van der Waals surface area contributed by atoms with Gasteiger partial charge in [-0.1, -0.05) is 23.7 Å². The SMILES string of the molecule is CN(C)C(=O)CN1CCN(C2=NC(=O)C(=C(Cc3ccc(Cl)cc3C(F)(F)F)c3ccc4[nH]ncc4c3)S2)CC1. The van der Waals surface area contributed by atoms with E-state index in [1.54, 1.807) is 43.4 Å². The van der Waals surface area contributed by atoms with Crippen LogP contribution in [-0.4, -0.2) is 88.7 Å². The number of carbonyl (C=O) groups excluding carboxylic acids is 2. The molecule has 2 aliphatic heterocycles. The number of allylic oxidation sites excluding steroid dienone is 1. The molecule has 0 saturated carbocycles. The number of halogens is 4. The van der Waals surface area contributed by atoms with Gasteiger partial charge >= 0.3 is 6.18 Å². The Labute approximate surface area is 237 Å². The number of piperazine rings is 1. The summed E-state index contributed by atoms with van der Waals surface area (Å²) in [6.45, 7) is 2.69. The van der Waals surface area contributed by atoms with Gasteiger partial charge in [-0.15, -0.1) is 0 Å².